The van der Waals surface area contributed by atoms with Crippen molar-refractivity contribution in [2.45, 2.75) is 12.5 Å². The van der Waals surface area contributed by atoms with Crippen LogP contribution in [0.5, 0.6) is 0 Å². The quantitative estimate of drug-likeness (QED) is 0.706. The van der Waals surface area contributed by atoms with Crippen LogP contribution in [0.2, 0.25) is 0 Å². The summed E-state index contributed by atoms with van der Waals surface area (Å²) in [4.78, 5) is 14.1. The highest BCUT2D eigenvalue weighted by molar-refractivity contribution is 7.17. The number of anilines is 2. The summed E-state index contributed by atoms with van der Waals surface area (Å²) in [6.07, 6.45) is 0.267. The Balaban J connectivity index is 2.46. The fourth-order valence-corrected chi connectivity index (χ4v) is 3.06. The molecule has 7 heteroatoms. The van der Waals surface area contributed by atoms with Crippen molar-refractivity contribution in [1.29, 1.82) is 5.26 Å². The minimum absolute atomic E-state index is 0.221. The van der Waals surface area contributed by atoms with Gasteiger partial charge in [-0.2, -0.15) is 5.26 Å². The number of nitrogens with two attached hydrogens (primary N) is 1. The number of carbonyl (C=O) groups is 1. The van der Waals surface area contributed by atoms with Gasteiger partial charge in [-0.15, -0.1) is 11.3 Å². The van der Waals surface area contributed by atoms with Crippen molar-refractivity contribution in [3.63, 3.8) is 0 Å². The predicted octanol–water partition coefficient (Wildman–Crippen LogP) is 0.133. The van der Waals surface area contributed by atoms with Crippen molar-refractivity contribution in [3.05, 3.63) is 10.4 Å². The number of aliphatic hydroxyl groups is 1. The molecule has 1 amide bonds. The van der Waals surface area contributed by atoms with E-state index in [0.717, 1.165) is 0 Å². The Morgan fingerprint density at radius 2 is 2.44 bits per heavy atom. The second-order valence-electron chi connectivity index (χ2n) is 4.10. The molecule has 1 aliphatic rings. The number of aliphatic hydroxyl groups excluding tert-OH is 1. The lowest BCUT2D eigenvalue weighted by atomic mass is 10.2. The van der Waals surface area contributed by atoms with Crippen molar-refractivity contribution in [2.24, 2.45) is 0 Å². The molecule has 0 bridgehead atoms. The van der Waals surface area contributed by atoms with Gasteiger partial charge in [-0.05, 0) is 6.42 Å². The number of carbonyl (C=O) groups excluding carboxylic acids is 1. The number of nitriles is 1. The zero-order chi connectivity index (χ0) is 13.3. The minimum Gasteiger partial charge on any atom is -0.396 e. The number of nitrogens with one attached hydrogen (secondary N) is 1. The molecule has 0 saturated carbocycles. The number of β-amino-alcohol motifs (C(OH)–C–C–N with tert-alkyl or cyclic N) is 1. The van der Waals surface area contributed by atoms with Crippen molar-refractivity contribution in [2.75, 3.05) is 30.8 Å². The molecule has 1 saturated heterocycles. The molecule has 1 aliphatic heterocycles. The van der Waals surface area contributed by atoms with Gasteiger partial charge >= 0.3 is 0 Å². The van der Waals surface area contributed by atoms with Gasteiger partial charge in [0.2, 0.25) is 0 Å². The van der Waals surface area contributed by atoms with Crippen molar-refractivity contribution in [3.8, 4) is 6.07 Å². The SMILES string of the molecule is CNC(=O)c1c(N2CCC(O)C2)sc(C#N)c1N. The van der Waals surface area contributed by atoms with Crippen molar-refractivity contribution in [1.82, 2.24) is 5.32 Å². The largest absolute Gasteiger partial charge is 0.396 e. The molecule has 1 aromatic rings. The topological polar surface area (TPSA) is 102 Å². The van der Waals surface area contributed by atoms with Crippen LogP contribution < -0.4 is 16.0 Å². The molecule has 4 N–H and O–H groups in total. The molecule has 96 valence electrons. The molecule has 0 aliphatic carbocycles. The number of rotatable bonds is 2. The van der Waals surface area contributed by atoms with E-state index in [-0.39, 0.29) is 11.6 Å². The maximum Gasteiger partial charge on any atom is 0.256 e. The third-order valence-corrected chi connectivity index (χ3v) is 4.10. The third-order valence-electron chi connectivity index (χ3n) is 2.93. The maximum atomic E-state index is 11.8. The lowest BCUT2D eigenvalue weighted by Crippen LogP contribution is -2.25. The Hall–Kier alpha value is -1.78. The summed E-state index contributed by atoms with van der Waals surface area (Å²) in [5.74, 6) is -0.304. The Labute approximate surface area is 109 Å². The molecule has 1 fully saturated rings. The number of amides is 1. The summed E-state index contributed by atoms with van der Waals surface area (Å²) < 4.78 is 0. The van der Waals surface area contributed by atoms with Crippen LogP contribution in [0, 0.1) is 11.3 Å². The molecule has 2 rings (SSSR count). The second-order valence-corrected chi connectivity index (χ2v) is 5.10. The van der Waals surface area contributed by atoms with Crippen LogP contribution in [-0.2, 0) is 0 Å². The molecular formula is C11H14N4O2S. The van der Waals surface area contributed by atoms with Crippen LogP contribution in [0.1, 0.15) is 21.7 Å². The predicted molar refractivity (Wildman–Crippen MR) is 69.7 cm³/mol. The van der Waals surface area contributed by atoms with E-state index in [1.165, 1.54) is 18.4 Å². The average molecular weight is 266 g/mol. The zero-order valence-corrected chi connectivity index (χ0v) is 10.8. The van der Waals surface area contributed by atoms with E-state index < -0.39 is 6.10 Å². The molecule has 0 spiro atoms. The Kier molecular flexibility index (Phi) is 3.41. The highest BCUT2D eigenvalue weighted by atomic mass is 32.1. The maximum absolute atomic E-state index is 11.8. The van der Waals surface area contributed by atoms with E-state index in [2.05, 4.69) is 5.32 Å². The summed E-state index contributed by atoms with van der Waals surface area (Å²) >= 11 is 1.20. The van der Waals surface area contributed by atoms with Gasteiger partial charge in [-0.25, -0.2) is 0 Å². The van der Waals surface area contributed by atoms with Gasteiger partial charge in [0.05, 0.1) is 17.4 Å². The molecule has 0 aromatic carbocycles. The van der Waals surface area contributed by atoms with Crippen LogP contribution in [0.25, 0.3) is 0 Å². The number of nitrogens with zero attached hydrogens (tertiary/aromatic N) is 2. The van der Waals surface area contributed by atoms with Crippen LogP contribution in [0.15, 0.2) is 0 Å². The van der Waals surface area contributed by atoms with E-state index >= 15 is 0 Å². The molecule has 1 aromatic heterocycles. The highest BCUT2D eigenvalue weighted by Crippen LogP contribution is 2.39. The van der Waals surface area contributed by atoms with Crippen molar-refractivity contribution < 1.29 is 9.90 Å². The summed E-state index contributed by atoms with van der Waals surface area (Å²) in [7, 11) is 1.52. The van der Waals surface area contributed by atoms with Gasteiger partial charge in [0.25, 0.3) is 5.91 Å². The van der Waals surface area contributed by atoms with E-state index in [9.17, 15) is 9.90 Å². The second kappa shape index (κ2) is 4.84. The highest BCUT2D eigenvalue weighted by Gasteiger charge is 2.29. The Bertz CT molecular complexity index is 520. The Morgan fingerprint density at radius 1 is 1.72 bits per heavy atom. The fourth-order valence-electron chi connectivity index (χ4n) is 2.01. The lowest BCUT2D eigenvalue weighted by molar-refractivity contribution is 0.0964. The standard InChI is InChI=1S/C11H14N4O2S/c1-14-10(17)8-9(13)7(4-12)18-11(8)15-3-2-6(16)5-15/h6,16H,2-3,5,13H2,1H3,(H,14,17). The number of hydrogen-bond donors (Lipinski definition) is 3. The first-order chi connectivity index (χ1) is 8.58. The molecule has 6 nitrogen and oxygen atoms in total. The van der Waals surface area contributed by atoms with E-state index in [1.807, 2.05) is 11.0 Å². The summed E-state index contributed by atoms with van der Waals surface area (Å²) in [5.41, 5.74) is 6.39. The van der Waals surface area contributed by atoms with Crippen LogP contribution in [0.3, 0.4) is 0 Å². The van der Waals surface area contributed by atoms with Gasteiger partial charge in [-0.1, -0.05) is 0 Å². The molecule has 1 unspecified atom stereocenters. The fraction of sp³-hybridized carbons (Fsp3) is 0.455. The number of thiophene rings is 1. The number of hydrogen-bond acceptors (Lipinski definition) is 6. The third kappa shape index (κ3) is 2.00. The van der Waals surface area contributed by atoms with Gasteiger partial charge in [0.15, 0.2) is 0 Å². The minimum atomic E-state index is -0.392. The van der Waals surface area contributed by atoms with Crippen LogP contribution in [0.4, 0.5) is 10.7 Å². The zero-order valence-electron chi connectivity index (χ0n) is 9.93. The van der Waals surface area contributed by atoms with Gasteiger partial charge in [-0.3, -0.25) is 4.79 Å². The smallest absolute Gasteiger partial charge is 0.256 e. The summed E-state index contributed by atoms with van der Waals surface area (Å²) in [5, 5.41) is 21.7. The first kappa shape index (κ1) is 12.7. The molecule has 2 heterocycles. The number of nitrogen functional groups attached to an aromatic ring is 1. The van der Waals surface area contributed by atoms with E-state index in [4.69, 9.17) is 11.0 Å². The molecule has 1 atom stereocenters. The normalized spacial score (nSPS) is 18.7. The van der Waals surface area contributed by atoms with Crippen LogP contribution >= 0.6 is 11.3 Å². The summed E-state index contributed by atoms with van der Waals surface area (Å²) in [6, 6.07) is 1.99. The molecular weight excluding hydrogens is 252 g/mol. The van der Waals surface area contributed by atoms with Gasteiger partial charge in [0.1, 0.15) is 15.9 Å². The van der Waals surface area contributed by atoms with Crippen molar-refractivity contribution >= 4 is 27.9 Å². The monoisotopic (exact) mass is 266 g/mol. The van der Waals surface area contributed by atoms with Crippen LogP contribution in [-0.4, -0.2) is 37.3 Å². The van der Waals surface area contributed by atoms with Gasteiger partial charge < -0.3 is 21.1 Å². The molecule has 18 heavy (non-hydrogen) atoms. The van der Waals surface area contributed by atoms with E-state index in [1.54, 1.807) is 0 Å². The first-order valence-corrected chi connectivity index (χ1v) is 6.37. The molecule has 0 radical (unpaired) electrons. The van der Waals surface area contributed by atoms with Gasteiger partial charge in [0, 0.05) is 20.1 Å². The first-order valence-electron chi connectivity index (χ1n) is 5.56. The summed E-state index contributed by atoms with van der Waals surface area (Å²) in [6.45, 7) is 1.13. The Morgan fingerprint density at radius 3 is 2.94 bits per heavy atom. The average Bonchev–Trinajstić information content (AvgIpc) is 2.92. The lowest BCUT2D eigenvalue weighted by Gasteiger charge is -2.17. The van der Waals surface area contributed by atoms with E-state index in [0.29, 0.717) is 35.0 Å².